The Kier molecular flexibility index (Phi) is 7.72. The first-order chi connectivity index (χ1) is 18.8. The van der Waals surface area contributed by atoms with Gasteiger partial charge in [-0.3, -0.25) is 9.59 Å². The summed E-state index contributed by atoms with van der Waals surface area (Å²) >= 11 is 6.72. The maximum atomic E-state index is 13.4. The van der Waals surface area contributed by atoms with Crippen molar-refractivity contribution in [2.24, 2.45) is 0 Å². The van der Waals surface area contributed by atoms with Crippen molar-refractivity contribution in [2.75, 3.05) is 4.90 Å². The van der Waals surface area contributed by atoms with Gasteiger partial charge in [0, 0.05) is 8.95 Å². The van der Waals surface area contributed by atoms with E-state index >= 15 is 0 Å². The standard InChI is InChI=1S/C30H19Br2NO6/c31-21-10-5-18(6-11-21)16-38-29(36)20-9-14-23-25(15-20)28(35)33(27(23)34)26-4-2-1-3-24(26)30(37)39-17-19-7-12-22(32)13-8-19/h1-15H,16-17H2. The first kappa shape index (κ1) is 26.5. The van der Waals surface area contributed by atoms with Crippen LogP contribution in [0, 0.1) is 0 Å². The van der Waals surface area contributed by atoms with E-state index in [-0.39, 0.29) is 41.2 Å². The number of fused-ring (bicyclic) bond motifs is 1. The molecule has 4 aromatic carbocycles. The zero-order chi connectivity index (χ0) is 27.5. The van der Waals surface area contributed by atoms with Crippen LogP contribution in [0.15, 0.2) is 99.9 Å². The summed E-state index contributed by atoms with van der Waals surface area (Å²) in [7, 11) is 0. The molecule has 5 rings (SSSR count). The van der Waals surface area contributed by atoms with Crippen molar-refractivity contribution in [1.29, 1.82) is 0 Å². The maximum absolute atomic E-state index is 13.4. The molecule has 0 bridgehead atoms. The van der Waals surface area contributed by atoms with Crippen LogP contribution in [-0.4, -0.2) is 23.8 Å². The van der Waals surface area contributed by atoms with Gasteiger partial charge < -0.3 is 9.47 Å². The lowest BCUT2D eigenvalue weighted by atomic mass is 10.1. The van der Waals surface area contributed by atoms with E-state index in [4.69, 9.17) is 9.47 Å². The second-order valence-electron chi connectivity index (χ2n) is 8.63. The van der Waals surface area contributed by atoms with Crippen LogP contribution in [-0.2, 0) is 22.7 Å². The lowest BCUT2D eigenvalue weighted by molar-refractivity contribution is 0.0464. The number of esters is 2. The van der Waals surface area contributed by atoms with Gasteiger partial charge >= 0.3 is 11.9 Å². The average Bonchev–Trinajstić information content (AvgIpc) is 3.20. The van der Waals surface area contributed by atoms with Crippen LogP contribution in [0.1, 0.15) is 52.6 Å². The molecule has 1 heterocycles. The Bertz CT molecular complexity index is 1600. The highest BCUT2D eigenvalue weighted by atomic mass is 79.9. The number of benzene rings is 4. The number of amides is 2. The predicted octanol–water partition coefficient (Wildman–Crippen LogP) is 6.73. The van der Waals surface area contributed by atoms with Gasteiger partial charge in [0.15, 0.2) is 0 Å². The van der Waals surface area contributed by atoms with Crippen molar-refractivity contribution in [3.8, 4) is 0 Å². The largest absolute Gasteiger partial charge is 0.457 e. The number of anilines is 1. The molecule has 39 heavy (non-hydrogen) atoms. The van der Waals surface area contributed by atoms with Crippen molar-refractivity contribution in [3.05, 3.63) is 133 Å². The molecule has 1 aliphatic heterocycles. The normalized spacial score (nSPS) is 12.3. The highest BCUT2D eigenvalue weighted by molar-refractivity contribution is 9.10. The Morgan fingerprint density at radius 2 is 1.18 bits per heavy atom. The number of carbonyl (C=O) groups is 4. The molecule has 0 aliphatic carbocycles. The topological polar surface area (TPSA) is 90.0 Å². The first-order valence-electron chi connectivity index (χ1n) is 11.8. The summed E-state index contributed by atoms with van der Waals surface area (Å²) in [6.07, 6.45) is 0. The van der Waals surface area contributed by atoms with Crippen molar-refractivity contribution in [3.63, 3.8) is 0 Å². The number of nitrogens with zero attached hydrogens (tertiary/aromatic N) is 1. The minimum absolute atomic E-state index is 0.0221. The van der Waals surface area contributed by atoms with Crippen LogP contribution < -0.4 is 4.90 Å². The number of imide groups is 1. The third kappa shape index (κ3) is 5.69. The molecule has 0 atom stereocenters. The third-order valence-corrected chi connectivity index (χ3v) is 7.11. The smallest absolute Gasteiger partial charge is 0.340 e. The molecular formula is C30H19Br2NO6. The van der Waals surface area contributed by atoms with E-state index in [0.717, 1.165) is 25.0 Å². The molecule has 0 N–H and O–H groups in total. The molecule has 1 aliphatic rings. The molecular weight excluding hydrogens is 630 g/mol. The van der Waals surface area contributed by atoms with Crippen molar-refractivity contribution >= 4 is 61.3 Å². The lowest BCUT2D eigenvalue weighted by Gasteiger charge is -2.17. The summed E-state index contributed by atoms with van der Waals surface area (Å²) < 4.78 is 12.6. The van der Waals surface area contributed by atoms with E-state index < -0.39 is 23.8 Å². The monoisotopic (exact) mass is 647 g/mol. The molecule has 0 aromatic heterocycles. The number of hydrogen-bond donors (Lipinski definition) is 0. The quantitative estimate of drug-likeness (QED) is 0.163. The molecule has 2 amide bonds. The number of rotatable bonds is 7. The van der Waals surface area contributed by atoms with Gasteiger partial charge in [0.25, 0.3) is 11.8 Å². The Balaban J connectivity index is 1.34. The Labute approximate surface area is 240 Å². The van der Waals surface area contributed by atoms with Gasteiger partial charge in [-0.2, -0.15) is 0 Å². The van der Waals surface area contributed by atoms with Crippen molar-refractivity contribution in [2.45, 2.75) is 13.2 Å². The average molecular weight is 649 g/mol. The fourth-order valence-electron chi connectivity index (χ4n) is 4.05. The van der Waals surface area contributed by atoms with Crippen LogP contribution in [0.4, 0.5) is 5.69 Å². The summed E-state index contributed by atoms with van der Waals surface area (Å²) in [5.41, 5.74) is 2.06. The van der Waals surface area contributed by atoms with Gasteiger partial charge in [0.1, 0.15) is 13.2 Å². The molecule has 0 fully saturated rings. The van der Waals surface area contributed by atoms with Crippen molar-refractivity contribution in [1.82, 2.24) is 0 Å². The second kappa shape index (κ2) is 11.3. The van der Waals surface area contributed by atoms with Crippen LogP contribution in [0.5, 0.6) is 0 Å². The highest BCUT2D eigenvalue weighted by Crippen LogP contribution is 2.32. The van der Waals surface area contributed by atoms with E-state index in [1.807, 2.05) is 48.5 Å². The minimum atomic E-state index is -0.678. The van der Waals surface area contributed by atoms with Gasteiger partial charge in [0.2, 0.25) is 0 Å². The Morgan fingerprint density at radius 1 is 0.641 bits per heavy atom. The molecule has 0 radical (unpaired) electrons. The maximum Gasteiger partial charge on any atom is 0.340 e. The van der Waals surface area contributed by atoms with Crippen LogP contribution in [0.25, 0.3) is 0 Å². The van der Waals surface area contributed by atoms with E-state index in [0.29, 0.717) is 0 Å². The number of ether oxygens (including phenoxy) is 2. The van der Waals surface area contributed by atoms with Crippen LogP contribution >= 0.6 is 31.9 Å². The number of hydrogen-bond acceptors (Lipinski definition) is 6. The molecule has 4 aromatic rings. The zero-order valence-electron chi connectivity index (χ0n) is 20.2. The summed E-state index contributed by atoms with van der Waals surface area (Å²) in [5.74, 6) is -2.55. The molecule has 9 heteroatoms. The fraction of sp³-hybridized carbons (Fsp3) is 0.0667. The molecule has 0 saturated heterocycles. The number of carbonyl (C=O) groups excluding carboxylic acids is 4. The molecule has 0 spiro atoms. The molecule has 0 unspecified atom stereocenters. The lowest BCUT2D eigenvalue weighted by Crippen LogP contribution is -2.31. The van der Waals surface area contributed by atoms with Gasteiger partial charge in [-0.25, -0.2) is 14.5 Å². The molecule has 7 nitrogen and oxygen atoms in total. The van der Waals surface area contributed by atoms with Gasteiger partial charge in [-0.1, -0.05) is 68.3 Å². The third-order valence-electron chi connectivity index (χ3n) is 6.05. The van der Waals surface area contributed by atoms with E-state index in [1.54, 1.807) is 12.1 Å². The Hall–Kier alpha value is -4.08. The highest BCUT2D eigenvalue weighted by Gasteiger charge is 2.39. The van der Waals surface area contributed by atoms with Gasteiger partial charge in [0.05, 0.1) is 27.9 Å². The van der Waals surface area contributed by atoms with Gasteiger partial charge in [-0.05, 0) is 65.7 Å². The van der Waals surface area contributed by atoms with Crippen LogP contribution in [0.2, 0.25) is 0 Å². The van der Waals surface area contributed by atoms with E-state index in [1.165, 1.54) is 30.3 Å². The second-order valence-corrected chi connectivity index (χ2v) is 10.5. The molecule has 0 saturated carbocycles. The fourth-order valence-corrected chi connectivity index (χ4v) is 4.58. The number of halogens is 2. The predicted molar refractivity (Wildman–Crippen MR) is 151 cm³/mol. The summed E-state index contributed by atoms with van der Waals surface area (Å²) in [5, 5.41) is 0. The Morgan fingerprint density at radius 3 is 1.79 bits per heavy atom. The molecule has 194 valence electrons. The SMILES string of the molecule is O=C(OCc1ccc(Br)cc1)c1ccc2c(c1)C(=O)N(c1ccccc1C(=O)OCc1ccc(Br)cc1)C2=O. The zero-order valence-corrected chi connectivity index (χ0v) is 23.4. The van der Waals surface area contributed by atoms with Crippen molar-refractivity contribution < 1.29 is 28.7 Å². The van der Waals surface area contributed by atoms with E-state index in [2.05, 4.69) is 31.9 Å². The van der Waals surface area contributed by atoms with Gasteiger partial charge in [-0.15, -0.1) is 0 Å². The summed E-state index contributed by atoms with van der Waals surface area (Å²) in [6.45, 7) is 0.0756. The van der Waals surface area contributed by atoms with Crippen LogP contribution in [0.3, 0.4) is 0 Å². The summed E-state index contributed by atoms with van der Waals surface area (Å²) in [6, 6.07) is 25.1. The first-order valence-corrected chi connectivity index (χ1v) is 13.4. The number of para-hydroxylation sites is 1. The van der Waals surface area contributed by atoms with E-state index in [9.17, 15) is 19.2 Å². The summed E-state index contributed by atoms with van der Waals surface area (Å²) in [4.78, 5) is 53.2. The minimum Gasteiger partial charge on any atom is -0.457 e.